The number of hydrogen-bond donors (Lipinski definition) is 1. The maximum Gasteiger partial charge on any atom is 0.436 e. The van der Waals surface area contributed by atoms with Crippen molar-refractivity contribution in [2.45, 2.75) is 37.4 Å². The van der Waals surface area contributed by atoms with Gasteiger partial charge in [-0.1, -0.05) is 19.3 Å². The Kier molecular flexibility index (Phi) is 5.03. The molecule has 2 fully saturated rings. The molecule has 1 saturated heterocycles. The highest BCUT2D eigenvalue weighted by atomic mass is 32.3. The summed E-state index contributed by atoms with van der Waals surface area (Å²) in [5.74, 6) is -1.38. The number of rotatable bonds is 4. The lowest BCUT2D eigenvalue weighted by Gasteiger charge is -2.41. The van der Waals surface area contributed by atoms with Crippen LogP contribution >= 0.6 is 0 Å². The van der Waals surface area contributed by atoms with E-state index in [4.69, 9.17) is 0 Å². The van der Waals surface area contributed by atoms with Gasteiger partial charge in [0.2, 0.25) is 10.0 Å². The van der Waals surface area contributed by atoms with E-state index in [2.05, 4.69) is 0 Å². The standard InChI is InChI=1S/C12H20F2N2O5S2/c1-22(18,19)15-23(20,21)12(13,14)11(17)16-7-6-9-4-2-3-5-10(9)8-16/h9-10,15H,2-8H2,1H3/t9-,10+/m1/s1. The number of hydrogen-bond acceptors (Lipinski definition) is 5. The van der Waals surface area contributed by atoms with Gasteiger partial charge in [0.05, 0.1) is 6.26 Å². The van der Waals surface area contributed by atoms with Crippen LogP contribution in [-0.4, -0.2) is 52.2 Å². The molecular formula is C12H20F2N2O5S2. The van der Waals surface area contributed by atoms with E-state index in [-0.39, 0.29) is 19.0 Å². The third-order valence-electron chi connectivity index (χ3n) is 4.43. The number of piperidine rings is 1. The van der Waals surface area contributed by atoms with Crippen molar-refractivity contribution >= 4 is 26.0 Å². The number of halogens is 2. The molecule has 1 N–H and O–H groups in total. The maximum atomic E-state index is 14.0. The summed E-state index contributed by atoms with van der Waals surface area (Å²) in [5.41, 5.74) is 0. The maximum absolute atomic E-state index is 14.0. The fourth-order valence-electron chi connectivity index (χ4n) is 3.34. The molecule has 0 aromatic carbocycles. The zero-order chi connectivity index (χ0) is 17.5. The second kappa shape index (κ2) is 6.25. The van der Waals surface area contributed by atoms with Gasteiger partial charge in [-0.3, -0.25) is 4.79 Å². The zero-order valence-electron chi connectivity index (χ0n) is 12.7. The Labute approximate surface area is 134 Å². The molecule has 0 aromatic rings. The molecule has 2 rings (SSSR count). The molecule has 0 unspecified atom stereocenters. The van der Waals surface area contributed by atoms with Crippen LogP contribution in [0.1, 0.15) is 32.1 Å². The molecule has 7 nitrogen and oxygen atoms in total. The van der Waals surface area contributed by atoms with Crippen molar-refractivity contribution in [3.8, 4) is 0 Å². The highest BCUT2D eigenvalue weighted by molar-refractivity contribution is 8.05. The summed E-state index contributed by atoms with van der Waals surface area (Å²) < 4.78 is 73.9. The Morgan fingerprint density at radius 1 is 1.09 bits per heavy atom. The van der Waals surface area contributed by atoms with Crippen LogP contribution in [-0.2, 0) is 24.8 Å². The Morgan fingerprint density at radius 3 is 2.22 bits per heavy atom. The molecule has 11 heteroatoms. The van der Waals surface area contributed by atoms with Crippen LogP contribution < -0.4 is 4.13 Å². The smallest absolute Gasteiger partial charge is 0.336 e. The van der Waals surface area contributed by atoms with E-state index >= 15 is 0 Å². The number of carbonyl (C=O) groups is 1. The molecule has 1 heterocycles. The van der Waals surface area contributed by atoms with Gasteiger partial charge >= 0.3 is 11.2 Å². The Balaban J connectivity index is 2.15. The number of alkyl halides is 2. The summed E-state index contributed by atoms with van der Waals surface area (Å²) in [4.78, 5) is 12.8. The van der Waals surface area contributed by atoms with Crippen molar-refractivity contribution in [2.75, 3.05) is 19.3 Å². The molecule has 1 saturated carbocycles. The quantitative estimate of drug-likeness (QED) is 0.772. The lowest BCUT2D eigenvalue weighted by Crippen LogP contribution is -2.56. The third kappa shape index (κ3) is 4.00. The monoisotopic (exact) mass is 374 g/mol. The minimum atomic E-state index is -5.66. The van der Waals surface area contributed by atoms with Crippen LogP contribution in [0.3, 0.4) is 0 Å². The predicted molar refractivity (Wildman–Crippen MR) is 78.5 cm³/mol. The largest absolute Gasteiger partial charge is 0.436 e. The van der Waals surface area contributed by atoms with Crippen molar-refractivity contribution in [3.05, 3.63) is 0 Å². The van der Waals surface area contributed by atoms with Gasteiger partial charge in [-0.25, -0.2) is 16.8 Å². The molecule has 0 radical (unpaired) electrons. The van der Waals surface area contributed by atoms with Crippen LogP contribution in [0.4, 0.5) is 8.78 Å². The summed E-state index contributed by atoms with van der Waals surface area (Å²) in [6.45, 7) is 0.150. The number of fused-ring (bicyclic) bond motifs is 1. The lowest BCUT2D eigenvalue weighted by molar-refractivity contribution is -0.150. The van der Waals surface area contributed by atoms with E-state index in [9.17, 15) is 30.4 Å². The number of nitrogens with zero attached hydrogens (tertiary/aromatic N) is 1. The van der Waals surface area contributed by atoms with Gasteiger partial charge in [0, 0.05) is 13.1 Å². The van der Waals surface area contributed by atoms with Crippen molar-refractivity contribution in [1.82, 2.24) is 9.03 Å². The van der Waals surface area contributed by atoms with Crippen LogP contribution in [0.2, 0.25) is 0 Å². The van der Waals surface area contributed by atoms with Gasteiger partial charge in [0.15, 0.2) is 0 Å². The molecule has 0 bridgehead atoms. The number of carbonyl (C=O) groups excluding carboxylic acids is 1. The first kappa shape index (κ1) is 18.5. The molecule has 2 aliphatic rings. The average molecular weight is 374 g/mol. The Hall–Kier alpha value is -0.810. The minimum absolute atomic E-state index is 0.0595. The van der Waals surface area contributed by atoms with Gasteiger partial charge < -0.3 is 4.90 Å². The fourth-order valence-corrected chi connectivity index (χ4v) is 5.71. The van der Waals surface area contributed by atoms with Gasteiger partial charge in [-0.2, -0.15) is 8.78 Å². The summed E-state index contributed by atoms with van der Waals surface area (Å²) in [6.07, 6.45) is 4.86. The topological polar surface area (TPSA) is 101 Å². The van der Waals surface area contributed by atoms with Crippen molar-refractivity contribution in [1.29, 1.82) is 0 Å². The van der Waals surface area contributed by atoms with Gasteiger partial charge in [0.25, 0.3) is 10.0 Å². The third-order valence-corrected chi connectivity index (χ3v) is 7.36. The molecule has 1 amide bonds. The number of sulfonamides is 2. The van der Waals surface area contributed by atoms with Crippen molar-refractivity contribution in [3.63, 3.8) is 0 Å². The van der Waals surface area contributed by atoms with Crippen LogP contribution in [0.15, 0.2) is 0 Å². The van der Waals surface area contributed by atoms with E-state index < -0.39 is 31.2 Å². The molecule has 2 atom stereocenters. The first-order chi connectivity index (χ1) is 10.4. The predicted octanol–water partition coefficient (Wildman–Crippen LogP) is 0.497. The Morgan fingerprint density at radius 2 is 1.65 bits per heavy atom. The number of amides is 1. The van der Waals surface area contributed by atoms with Gasteiger partial charge in [0.1, 0.15) is 0 Å². The lowest BCUT2D eigenvalue weighted by atomic mass is 9.75. The van der Waals surface area contributed by atoms with Gasteiger partial charge in [-0.05, 0) is 24.7 Å². The number of likely N-dealkylation sites (tertiary alicyclic amines) is 1. The molecule has 0 spiro atoms. The second-order valence-corrected chi connectivity index (χ2v) is 9.95. The molecule has 23 heavy (non-hydrogen) atoms. The van der Waals surface area contributed by atoms with Crippen LogP contribution in [0.25, 0.3) is 0 Å². The fraction of sp³-hybridized carbons (Fsp3) is 0.917. The molecule has 134 valence electrons. The average Bonchev–Trinajstić information content (AvgIpc) is 2.43. The van der Waals surface area contributed by atoms with Gasteiger partial charge in [-0.15, -0.1) is 4.13 Å². The molecule has 0 aromatic heterocycles. The second-order valence-electron chi connectivity index (χ2n) is 6.22. The van der Waals surface area contributed by atoms with E-state index in [1.807, 2.05) is 0 Å². The normalized spacial score (nSPS) is 26.7. The summed E-state index contributed by atoms with van der Waals surface area (Å²) in [5, 5.41) is -4.82. The van der Waals surface area contributed by atoms with E-state index in [1.54, 1.807) is 0 Å². The molecule has 1 aliphatic heterocycles. The SMILES string of the molecule is CS(=O)(=O)NS(=O)(=O)C(F)(F)C(=O)N1CC[C@H]2CCCC[C@H]2C1. The number of nitrogens with one attached hydrogen (secondary N) is 1. The highest BCUT2D eigenvalue weighted by Crippen LogP contribution is 2.37. The van der Waals surface area contributed by atoms with Crippen LogP contribution in [0, 0.1) is 11.8 Å². The molecule has 1 aliphatic carbocycles. The van der Waals surface area contributed by atoms with Crippen molar-refractivity contribution in [2.24, 2.45) is 11.8 Å². The summed E-state index contributed by atoms with van der Waals surface area (Å²) in [7, 11) is -10.1. The molecular weight excluding hydrogens is 354 g/mol. The summed E-state index contributed by atoms with van der Waals surface area (Å²) in [6, 6.07) is 0. The highest BCUT2D eigenvalue weighted by Gasteiger charge is 2.56. The van der Waals surface area contributed by atoms with E-state index in [1.165, 1.54) is 0 Å². The van der Waals surface area contributed by atoms with E-state index in [0.717, 1.165) is 34.7 Å². The Bertz CT molecular complexity index is 678. The van der Waals surface area contributed by atoms with Crippen LogP contribution in [0.5, 0.6) is 0 Å². The van der Waals surface area contributed by atoms with Crippen molar-refractivity contribution < 1.29 is 30.4 Å². The summed E-state index contributed by atoms with van der Waals surface area (Å²) >= 11 is 0. The van der Waals surface area contributed by atoms with E-state index in [0.29, 0.717) is 18.6 Å². The zero-order valence-corrected chi connectivity index (χ0v) is 14.3. The minimum Gasteiger partial charge on any atom is -0.336 e. The first-order valence-electron chi connectivity index (χ1n) is 7.34. The first-order valence-corrected chi connectivity index (χ1v) is 10.7.